The number of amides is 1. The maximum absolute atomic E-state index is 13.1. The Hall–Kier alpha value is -2.69. The van der Waals surface area contributed by atoms with Gasteiger partial charge in [0.25, 0.3) is 5.56 Å². The summed E-state index contributed by atoms with van der Waals surface area (Å²) in [7, 11) is 0. The molecule has 4 heterocycles. The largest absolute Gasteiger partial charge is 0.376 e. The Morgan fingerprint density at radius 1 is 1.24 bits per heavy atom. The van der Waals surface area contributed by atoms with E-state index in [1.165, 1.54) is 28.7 Å². The Balaban J connectivity index is 1.27. The van der Waals surface area contributed by atoms with Crippen LogP contribution in [-0.2, 0) is 22.5 Å². The fourth-order valence-electron chi connectivity index (χ4n) is 4.10. The van der Waals surface area contributed by atoms with Crippen molar-refractivity contribution in [3.05, 3.63) is 57.7 Å². The van der Waals surface area contributed by atoms with Gasteiger partial charge in [0.05, 0.1) is 23.9 Å². The Kier molecular flexibility index (Phi) is 6.75. The SMILES string of the molecule is O=C(CSc1nnc2n(C[C@H]3CCCO3)c(=O)c3sccc3n12)NCCCc1ccccc1. The molecule has 10 heteroatoms. The summed E-state index contributed by atoms with van der Waals surface area (Å²) in [4.78, 5) is 25.5. The quantitative estimate of drug-likeness (QED) is 0.291. The van der Waals surface area contributed by atoms with E-state index in [0.29, 0.717) is 28.7 Å². The van der Waals surface area contributed by atoms with Crippen molar-refractivity contribution in [2.24, 2.45) is 0 Å². The lowest BCUT2D eigenvalue weighted by Crippen LogP contribution is -2.28. The van der Waals surface area contributed by atoms with Crippen LogP contribution in [0.3, 0.4) is 0 Å². The number of carbonyl (C=O) groups is 1. The number of aryl methyl sites for hydroxylation is 1. The van der Waals surface area contributed by atoms with Gasteiger partial charge in [-0.1, -0.05) is 42.1 Å². The van der Waals surface area contributed by atoms with Crippen LogP contribution in [0.25, 0.3) is 16.0 Å². The zero-order valence-corrected chi connectivity index (χ0v) is 19.7. The number of fused-ring (bicyclic) bond motifs is 3. The average molecular weight is 484 g/mol. The molecule has 0 bridgehead atoms. The van der Waals surface area contributed by atoms with Crippen molar-refractivity contribution < 1.29 is 9.53 Å². The van der Waals surface area contributed by atoms with Crippen LogP contribution in [0.2, 0.25) is 0 Å². The van der Waals surface area contributed by atoms with Gasteiger partial charge in [-0.05, 0) is 42.7 Å². The fourth-order valence-corrected chi connectivity index (χ4v) is 5.69. The summed E-state index contributed by atoms with van der Waals surface area (Å²) in [5.74, 6) is 0.689. The minimum absolute atomic E-state index is 0.0124. The molecule has 0 radical (unpaired) electrons. The standard InChI is InChI=1S/C23H25N5O3S2/c29-19(24-11-4-8-16-6-2-1-3-7-16)15-33-23-26-25-22-27(14-17-9-5-12-31-17)21(30)20-18(28(22)23)10-13-32-20/h1-3,6-7,10,13,17H,4-5,8-9,11-12,14-15H2,(H,24,29)/t17-/m1/s1. The van der Waals surface area contributed by atoms with E-state index in [9.17, 15) is 9.59 Å². The summed E-state index contributed by atoms with van der Waals surface area (Å²) in [6, 6.07) is 12.1. The van der Waals surface area contributed by atoms with E-state index in [-0.39, 0.29) is 23.3 Å². The molecule has 3 aromatic heterocycles. The minimum Gasteiger partial charge on any atom is -0.376 e. The third-order valence-electron chi connectivity index (χ3n) is 5.73. The maximum Gasteiger partial charge on any atom is 0.272 e. The Labute approximate surface area is 199 Å². The molecule has 0 aliphatic carbocycles. The lowest BCUT2D eigenvalue weighted by molar-refractivity contribution is -0.118. The summed E-state index contributed by atoms with van der Waals surface area (Å²) >= 11 is 2.74. The summed E-state index contributed by atoms with van der Waals surface area (Å²) < 4.78 is 9.95. The average Bonchev–Trinajstić information content (AvgIpc) is 3.59. The number of thiophene rings is 1. The second-order valence-corrected chi connectivity index (χ2v) is 9.89. The van der Waals surface area contributed by atoms with Gasteiger partial charge in [-0.2, -0.15) is 0 Å². The van der Waals surface area contributed by atoms with Gasteiger partial charge in [0.2, 0.25) is 11.7 Å². The number of carbonyl (C=O) groups excluding carboxylic acids is 1. The molecule has 1 atom stereocenters. The highest BCUT2D eigenvalue weighted by Crippen LogP contribution is 2.25. The van der Waals surface area contributed by atoms with E-state index >= 15 is 0 Å². The predicted octanol–water partition coefficient (Wildman–Crippen LogP) is 3.13. The highest BCUT2D eigenvalue weighted by Gasteiger charge is 2.22. The molecule has 1 aromatic carbocycles. The van der Waals surface area contributed by atoms with Crippen LogP contribution in [0.15, 0.2) is 51.7 Å². The molecule has 1 aliphatic rings. The lowest BCUT2D eigenvalue weighted by Gasteiger charge is -2.13. The van der Waals surface area contributed by atoms with Crippen LogP contribution in [0.1, 0.15) is 24.8 Å². The number of benzene rings is 1. The molecule has 1 saturated heterocycles. The summed E-state index contributed by atoms with van der Waals surface area (Å²) in [5, 5.41) is 14.1. The van der Waals surface area contributed by atoms with Gasteiger partial charge in [-0.3, -0.25) is 18.6 Å². The van der Waals surface area contributed by atoms with Crippen LogP contribution in [0.5, 0.6) is 0 Å². The van der Waals surface area contributed by atoms with E-state index in [1.54, 1.807) is 4.57 Å². The Morgan fingerprint density at radius 3 is 2.94 bits per heavy atom. The number of nitrogens with zero attached hydrogens (tertiary/aromatic N) is 4. The van der Waals surface area contributed by atoms with Crippen molar-refractivity contribution in [3.63, 3.8) is 0 Å². The summed E-state index contributed by atoms with van der Waals surface area (Å²) in [6.07, 6.45) is 3.77. The van der Waals surface area contributed by atoms with E-state index in [1.807, 2.05) is 34.0 Å². The van der Waals surface area contributed by atoms with Crippen LogP contribution < -0.4 is 10.9 Å². The molecule has 5 rings (SSSR count). The molecular weight excluding hydrogens is 458 g/mol. The normalized spacial score (nSPS) is 16.1. The molecule has 1 amide bonds. The number of nitrogens with one attached hydrogen (secondary N) is 1. The zero-order valence-electron chi connectivity index (χ0n) is 18.1. The number of ether oxygens (including phenoxy) is 1. The van der Waals surface area contributed by atoms with Crippen molar-refractivity contribution in [1.29, 1.82) is 0 Å². The van der Waals surface area contributed by atoms with Crippen LogP contribution >= 0.6 is 23.1 Å². The summed E-state index contributed by atoms with van der Waals surface area (Å²) in [6.45, 7) is 1.82. The molecule has 0 unspecified atom stereocenters. The van der Waals surface area contributed by atoms with E-state index in [4.69, 9.17) is 4.74 Å². The van der Waals surface area contributed by atoms with Gasteiger partial charge in [-0.25, -0.2) is 0 Å². The first-order valence-electron chi connectivity index (χ1n) is 11.1. The van der Waals surface area contributed by atoms with Gasteiger partial charge in [0.15, 0.2) is 5.16 Å². The zero-order chi connectivity index (χ0) is 22.6. The van der Waals surface area contributed by atoms with Crippen LogP contribution in [0.4, 0.5) is 0 Å². The first kappa shape index (κ1) is 22.1. The van der Waals surface area contributed by atoms with Crippen LogP contribution in [-0.4, -0.2) is 50.1 Å². The molecule has 4 aromatic rings. The van der Waals surface area contributed by atoms with Crippen molar-refractivity contribution in [3.8, 4) is 0 Å². The van der Waals surface area contributed by atoms with Crippen LogP contribution in [0, 0.1) is 0 Å². The van der Waals surface area contributed by atoms with Crippen molar-refractivity contribution in [1.82, 2.24) is 24.5 Å². The minimum atomic E-state index is -0.0666. The topological polar surface area (TPSA) is 90.5 Å². The first-order chi connectivity index (χ1) is 16.2. The predicted molar refractivity (Wildman–Crippen MR) is 130 cm³/mol. The molecular formula is C23H25N5O3S2. The number of rotatable bonds is 9. The lowest BCUT2D eigenvalue weighted by atomic mass is 10.1. The first-order valence-corrected chi connectivity index (χ1v) is 13.0. The van der Waals surface area contributed by atoms with Crippen molar-refractivity contribution in [2.45, 2.75) is 43.5 Å². The summed E-state index contributed by atoms with van der Waals surface area (Å²) in [5.41, 5.74) is 1.98. The number of thioether (sulfide) groups is 1. The van der Waals surface area contributed by atoms with Crippen molar-refractivity contribution >= 4 is 45.0 Å². The molecule has 0 saturated carbocycles. The third kappa shape index (κ3) is 4.83. The molecule has 8 nitrogen and oxygen atoms in total. The second kappa shape index (κ2) is 10.1. The number of aromatic nitrogens is 4. The fraction of sp³-hybridized carbons (Fsp3) is 0.391. The molecule has 1 fully saturated rings. The molecule has 1 aliphatic heterocycles. The Morgan fingerprint density at radius 2 is 2.12 bits per heavy atom. The highest BCUT2D eigenvalue weighted by molar-refractivity contribution is 7.99. The maximum atomic E-state index is 13.1. The molecule has 0 spiro atoms. The number of hydrogen-bond donors (Lipinski definition) is 1. The van der Waals surface area contributed by atoms with Gasteiger partial charge in [0.1, 0.15) is 4.70 Å². The van der Waals surface area contributed by atoms with Gasteiger partial charge in [0, 0.05) is 13.2 Å². The van der Waals surface area contributed by atoms with Crippen molar-refractivity contribution in [2.75, 3.05) is 18.9 Å². The highest BCUT2D eigenvalue weighted by atomic mass is 32.2. The second-order valence-electron chi connectivity index (χ2n) is 8.03. The van der Waals surface area contributed by atoms with E-state index in [0.717, 1.165) is 37.8 Å². The smallest absolute Gasteiger partial charge is 0.272 e. The monoisotopic (exact) mass is 483 g/mol. The third-order valence-corrected chi connectivity index (χ3v) is 7.55. The van der Waals surface area contributed by atoms with Gasteiger partial charge >= 0.3 is 0 Å². The molecule has 1 N–H and O–H groups in total. The van der Waals surface area contributed by atoms with Gasteiger partial charge in [-0.15, -0.1) is 21.5 Å². The van der Waals surface area contributed by atoms with Gasteiger partial charge < -0.3 is 10.1 Å². The van der Waals surface area contributed by atoms with E-state index < -0.39 is 0 Å². The number of hydrogen-bond acceptors (Lipinski definition) is 7. The molecule has 172 valence electrons. The molecule has 33 heavy (non-hydrogen) atoms. The Bertz CT molecular complexity index is 1310. The van der Waals surface area contributed by atoms with E-state index in [2.05, 4.69) is 27.6 Å².